The Kier molecular flexibility index (Phi) is 1.88. The van der Waals surface area contributed by atoms with Gasteiger partial charge >= 0.3 is 0 Å². The highest BCUT2D eigenvalue weighted by Crippen LogP contribution is 2.38. The maximum Gasteiger partial charge on any atom is 0.0246 e. The topological polar surface area (TPSA) is 15.3 Å². The number of piperazine rings is 1. The maximum absolute atomic E-state index is 3.74. The molecule has 2 atom stereocenters. The van der Waals surface area contributed by atoms with E-state index in [1.54, 1.807) is 0 Å². The number of hydrogen-bond donors (Lipinski definition) is 1. The van der Waals surface area contributed by atoms with E-state index < -0.39 is 0 Å². The smallest absolute Gasteiger partial charge is 0.0246 e. The van der Waals surface area contributed by atoms with Gasteiger partial charge in [0.15, 0.2) is 0 Å². The van der Waals surface area contributed by atoms with Gasteiger partial charge in [0.05, 0.1) is 0 Å². The second-order valence-electron chi connectivity index (χ2n) is 5.20. The number of likely N-dealkylation sites (N-methyl/N-ethyl adjacent to an activating group) is 1. The van der Waals surface area contributed by atoms with Crippen molar-refractivity contribution in [1.29, 1.82) is 0 Å². The molecule has 0 aromatic rings. The Morgan fingerprint density at radius 3 is 2.31 bits per heavy atom. The molecular weight excluding hydrogens is 160 g/mol. The minimum absolute atomic E-state index is 0.819. The molecule has 2 heteroatoms. The van der Waals surface area contributed by atoms with Crippen LogP contribution in [0.1, 0.15) is 25.7 Å². The number of rotatable bonds is 2. The molecule has 2 saturated carbocycles. The molecule has 2 aliphatic carbocycles. The predicted molar refractivity (Wildman–Crippen MR) is 53.7 cm³/mol. The van der Waals surface area contributed by atoms with Crippen molar-refractivity contribution in [2.45, 2.75) is 37.8 Å². The molecule has 1 aliphatic heterocycles. The highest BCUT2D eigenvalue weighted by atomic mass is 15.2. The maximum atomic E-state index is 3.74. The summed E-state index contributed by atoms with van der Waals surface area (Å²) < 4.78 is 0. The standard InChI is InChI=1S/C11H20N2/c1-13-7-10(8-2-3-8)12-6-11(13)9-4-5-9/h8-12H,2-7H2,1H3. The monoisotopic (exact) mass is 180 g/mol. The fourth-order valence-electron chi connectivity index (χ4n) is 2.76. The molecule has 0 amide bonds. The van der Waals surface area contributed by atoms with Crippen molar-refractivity contribution < 1.29 is 0 Å². The van der Waals surface area contributed by atoms with Gasteiger partial charge < -0.3 is 10.2 Å². The second-order valence-corrected chi connectivity index (χ2v) is 5.20. The normalized spacial score (nSPS) is 42.2. The minimum atomic E-state index is 0.819. The zero-order valence-electron chi connectivity index (χ0n) is 8.50. The van der Waals surface area contributed by atoms with Crippen molar-refractivity contribution in [2.75, 3.05) is 20.1 Å². The van der Waals surface area contributed by atoms with Crippen LogP contribution in [0.25, 0.3) is 0 Å². The van der Waals surface area contributed by atoms with Gasteiger partial charge in [-0.05, 0) is 44.6 Å². The summed E-state index contributed by atoms with van der Waals surface area (Å²) in [6.45, 7) is 2.55. The Morgan fingerprint density at radius 1 is 1.08 bits per heavy atom. The van der Waals surface area contributed by atoms with Crippen LogP contribution in [0.3, 0.4) is 0 Å². The highest BCUT2D eigenvalue weighted by molar-refractivity contribution is 4.97. The molecule has 13 heavy (non-hydrogen) atoms. The zero-order valence-corrected chi connectivity index (χ0v) is 8.50. The Bertz CT molecular complexity index is 196. The van der Waals surface area contributed by atoms with Crippen molar-refractivity contribution in [3.8, 4) is 0 Å². The lowest BCUT2D eigenvalue weighted by atomic mass is 10.0. The molecule has 74 valence electrons. The Hall–Kier alpha value is -0.0800. The van der Waals surface area contributed by atoms with Gasteiger partial charge in [0.1, 0.15) is 0 Å². The van der Waals surface area contributed by atoms with Crippen molar-refractivity contribution >= 4 is 0 Å². The lowest BCUT2D eigenvalue weighted by molar-refractivity contribution is 0.138. The lowest BCUT2D eigenvalue weighted by Crippen LogP contribution is -2.56. The van der Waals surface area contributed by atoms with Gasteiger partial charge in [-0.3, -0.25) is 0 Å². The SMILES string of the molecule is CN1CC(C2CC2)NCC1C1CC1. The van der Waals surface area contributed by atoms with Crippen LogP contribution in [0.2, 0.25) is 0 Å². The van der Waals surface area contributed by atoms with Crippen LogP contribution in [0.5, 0.6) is 0 Å². The molecule has 0 radical (unpaired) electrons. The van der Waals surface area contributed by atoms with Crippen molar-refractivity contribution in [2.24, 2.45) is 11.8 Å². The summed E-state index contributed by atoms with van der Waals surface area (Å²) in [5.74, 6) is 2.04. The van der Waals surface area contributed by atoms with Crippen LogP contribution in [0.15, 0.2) is 0 Å². The first-order chi connectivity index (χ1) is 6.34. The molecule has 0 spiro atoms. The van der Waals surface area contributed by atoms with Crippen LogP contribution in [0.4, 0.5) is 0 Å². The first-order valence-electron chi connectivity index (χ1n) is 5.78. The van der Waals surface area contributed by atoms with E-state index in [-0.39, 0.29) is 0 Å². The molecule has 3 aliphatic rings. The van der Waals surface area contributed by atoms with E-state index in [4.69, 9.17) is 0 Å². The third-order valence-corrected chi connectivity index (χ3v) is 4.00. The van der Waals surface area contributed by atoms with E-state index in [2.05, 4.69) is 17.3 Å². The number of hydrogen-bond acceptors (Lipinski definition) is 2. The first kappa shape index (κ1) is 8.25. The predicted octanol–water partition coefficient (Wildman–Crippen LogP) is 1.08. The average Bonchev–Trinajstić information content (AvgIpc) is 3.00. The molecule has 2 nitrogen and oxygen atoms in total. The van der Waals surface area contributed by atoms with Crippen molar-refractivity contribution in [1.82, 2.24) is 10.2 Å². The van der Waals surface area contributed by atoms with Gasteiger partial charge in [0.2, 0.25) is 0 Å². The van der Waals surface area contributed by atoms with Gasteiger partial charge in [-0.15, -0.1) is 0 Å². The molecule has 1 N–H and O–H groups in total. The fourth-order valence-corrected chi connectivity index (χ4v) is 2.76. The van der Waals surface area contributed by atoms with Crippen LogP contribution >= 0.6 is 0 Å². The summed E-state index contributed by atoms with van der Waals surface area (Å²) in [6, 6.07) is 1.68. The van der Waals surface area contributed by atoms with Gasteiger partial charge in [0, 0.05) is 25.2 Å². The van der Waals surface area contributed by atoms with Gasteiger partial charge in [-0.1, -0.05) is 0 Å². The molecule has 0 aromatic carbocycles. The number of nitrogens with zero attached hydrogens (tertiary/aromatic N) is 1. The van der Waals surface area contributed by atoms with Crippen LogP contribution in [-0.4, -0.2) is 37.1 Å². The van der Waals surface area contributed by atoms with E-state index in [0.717, 1.165) is 23.9 Å². The summed E-state index contributed by atoms with van der Waals surface area (Å²) in [6.07, 6.45) is 5.90. The molecule has 1 saturated heterocycles. The average molecular weight is 180 g/mol. The largest absolute Gasteiger partial charge is 0.311 e. The van der Waals surface area contributed by atoms with Gasteiger partial charge in [0.25, 0.3) is 0 Å². The van der Waals surface area contributed by atoms with E-state index in [9.17, 15) is 0 Å². The molecule has 2 unspecified atom stereocenters. The zero-order chi connectivity index (χ0) is 8.84. The second kappa shape index (κ2) is 2.96. The van der Waals surface area contributed by atoms with Gasteiger partial charge in [-0.25, -0.2) is 0 Å². The summed E-state index contributed by atoms with van der Waals surface area (Å²) in [5.41, 5.74) is 0. The Balaban J connectivity index is 1.58. The third-order valence-electron chi connectivity index (χ3n) is 4.00. The van der Waals surface area contributed by atoms with Crippen LogP contribution < -0.4 is 5.32 Å². The molecule has 3 rings (SSSR count). The molecule has 1 heterocycles. The quantitative estimate of drug-likeness (QED) is 0.684. The first-order valence-corrected chi connectivity index (χ1v) is 5.78. The highest BCUT2D eigenvalue weighted by Gasteiger charge is 2.40. The summed E-state index contributed by atoms with van der Waals surface area (Å²) in [7, 11) is 2.32. The van der Waals surface area contributed by atoms with E-state index >= 15 is 0 Å². The molecule has 0 bridgehead atoms. The summed E-state index contributed by atoms with van der Waals surface area (Å²) >= 11 is 0. The molecule has 3 fully saturated rings. The Morgan fingerprint density at radius 2 is 1.77 bits per heavy atom. The van der Waals surface area contributed by atoms with E-state index in [1.165, 1.54) is 38.8 Å². The third kappa shape index (κ3) is 1.62. The van der Waals surface area contributed by atoms with Crippen molar-refractivity contribution in [3.05, 3.63) is 0 Å². The Labute approximate surface area is 80.7 Å². The van der Waals surface area contributed by atoms with Gasteiger partial charge in [-0.2, -0.15) is 0 Å². The van der Waals surface area contributed by atoms with Crippen LogP contribution in [0, 0.1) is 11.8 Å². The summed E-state index contributed by atoms with van der Waals surface area (Å²) in [5, 5.41) is 3.74. The number of nitrogens with one attached hydrogen (secondary N) is 1. The van der Waals surface area contributed by atoms with E-state index in [0.29, 0.717) is 0 Å². The van der Waals surface area contributed by atoms with E-state index in [1.807, 2.05) is 0 Å². The summed E-state index contributed by atoms with van der Waals surface area (Å²) in [4.78, 5) is 2.61. The van der Waals surface area contributed by atoms with Crippen LogP contribution in [-0.2, 0) is 0 Å². The molecular formula is C11H20N2. The lowest BCUT2D eigenvalue weighted by Gasteiger charge is -2.38. The molecule has 0 aromatic heterocycles. The fraction of sp³-hybridized carbons (Fsp3) is 1.00. The van der Waals surface area contributed by atoms with Crippen molar-refractivity contribution in [3.63, 3.8) is 0 Å². The minimum Gasteiger partial charge on any atom is -0.311 e.